The summed E-state index contributed by atoms with van der Waals surface area (Å²) in [5, 5.41) is 6.81. The number of aromatic nitrogens is 4. The molecule has 0 saturated heterocycles. The molecule has 0 aliphatic carbocycles. The van der Waals surface area contributed by atoms with Gasteiger partial charge in [-0.3, -0.25) is 14.5 Å². The molecule has 118 valence electrons. The molecule has 0 unspecified atom stereocenters. The third kappa shape index (κ3) is 3.63. The first-order valence-corrected chi connectivity index (χ1v) is 7.21. The maximum absolute atomic E-state index is 12.4. The molecule has 7 heteroatoms. The molecular weight excluding hydrogens is 297 g/mol. The van der Waals surface area contributed by atoms with Gasteiger partial charge in [0.05, 0.1) is 6.54 Å². The molecule has 3 aromatic rings. The molecule has 6 nitrogen and oxygen atoms in total. The van der Waals surface area contributed by atoms with E-state index in [9.17, 15) is 9.18 Å². The SMILES string of the molecule is O=C(Nc1ccn(CCF)n1)c1cccn1Cc1ccncc1. The van der Waals surface area contributed by atoms with Crippen LogP contribution in [0.2, 0.25) is 0 Å². The van der Waals surface area contributed by atoms with Crippen molar-refractivity contribution in [2.45, 2.75) is 13.1 Å². The number of alkyl halides is 1. The zero-order chi connectivity index (χ0) is 16.1. The zero-order valence-corrected chi connectivity index (χ0v) is 12.4. The number of nitrogens with one attached hydrogen (secondary N) is 1. The Morgan fingerprint density at radius 3 is 2.78 bits per heavy atom. The van der Waals surface area contributed by atoms with Crippen LogP contribution >= 0.6 is 0 Å². The second kappa shape index (κ2) is 6.87. The average Bonchev–Trinajstić information content (AvgIpc) is 3.18. The van der Waals surface area contributed by atoms with E-state index in [1.54, 1.807) is 30.7 Å². The van der Waals surface area contributed by atoms with Crippen LogP contribution < -0.4 is 5.32 Å². The number of aryl methyl sites for hydroxylation is 1. The molecule has 3 aromatic heterocycles. The minimum Gasteiger partial charge on any atom is -0.339 e. The fourth-order valence-corrected chi connectivity index (χ4v) is 2.26. The van der Waals surface area contributed by atoms with Gasteiger partial charge in [-0.2, -0.15) is 5.10 Å². The second-order valence-corrected chi connectivity index (χ2v) is 4.98. The van der Waals surface area contributed by atoms with Crippen LogP contribution in [0.15, 0.2) is 55.1 Å². The molecule has 3 rings (SSSR count). The van der Waals surface area contributed by atoms with E-state index in [0.29, 0.717) is 18.1 Å². The van der Waals surface area contributed by atoms with Crippen LogP contribution in [0, 0.1) is 0 Å². The highest BCUT2D eigenvalue weighted by molar-refractivity contribution is 6.02. The lowest BCUT2D eigenvalue weighted by Gasteiger charge is -2.09. The molecule has 3 heterocycles. The lowest BCUT2D eigenvalue weighted by atomic mass is 10.2. The largest absolute Gasteiger partial charge is 0.339 e. The van der Waals surface area contributed by atoms with Crippen LogP contribution in [-0.4, -0.2) is 31.9 Å². The van der Waals surface area contributed by atoms with Crippen molar-refractivity contribution < 1.29 is 9.18 Å². The summed E-state index contributed by atoms with van der Waals surface area (Å²) in [6, 6.07) is 9.01. The van der Waals surface area contributed by atoms with Crippen molar-refractivity contribution in [3.8, 4) is 0 Å². The first-order valence-electron chi connectivity index (χ1n) is 7.21. The Morgan fingerprint density at radius 2 is 2.00 bits per heavy atom. The van der Waals surface area contributed by atoms with E-state index in [1.807, 2.05) is 29.0 Å². The molecule has 0 atom stereocenters. The number of halogens is 1. The van der Waals surface area contributed by atoms with Gasteiger partial charge in [-0.15, -0.1) is 0 Å². The van der Waals surface area contributed by atoms with Gasteiger partial charge < -0.3 is 9.88 Å². The lowest BCUT2D eigenvalue weighted by Crippen LogP contribution is -2.17. The molecule has 23 heavy (non-hydrogen) atoms. The summed E-state index contributed by atoms with van der Waals surface area (Å²) >= 11 is 0. The fraction of sp³-hybridized carbons (Fsp3) is 0.188. The number of pyridine rings is 1. The van der Waals surface area contributed by atoms with Crippen molar-refractivity contribution in [3.63, 3.8) is 0 Å². The van der Waals surface area contributed by atoms with Gasteiger partial charge in [0.25, 0.3) is 5.91 Å². The highest BCUT2D eigenvalue weighted by Gasteiger charge is 2.12. The molecule has 0 aromatic carbocycles. The van der Waals surface area contributed by atoms with Gasteiger partial charge in [0.2, 0.25) is 0 Å². The Labute approximate surface area is 132 Å². The number of carbonyl (C=O) groups is 1. The number of rotatable bonds is 6. The van der Waals surface area contributed by atoms with Crippen LogP contribution in [0.25, 0.3) is 0 Å². The summed E-state index contributed by atoms with van der Waals surface area (Å²) in [6.45, 7) is 0.257. The van der Waals surface area contributed by atoms with E-state index >= 15 is 0 Å². The highest BCUT2D eigenvalue weighted by Crippen LogP contribution is 2.10. The zero-order valence-electron chi connectivity index (χ0n) is 12.4. The molecule has 0 saturated carbocycles. The first kappa shape index (κ1) is 15.0. The smallest absolute Gasteiger partial charge is 0.273 e. The van der Waals surface area contributed by atoms with Gasteiger partial charge in [-0.25, -0.2) is 4.39 Å². The molecule has 0 radical (unpaired) electrons. The second-order valence-electron chi connectivity index (χ2n) is 4.98. The summed E-state index contributed by atoms with van der Waals surface area (Å²) < 4.78 is 15.6. The van der Waals surface area contributed by atoms with Crippen molar-refractivity contribution in [2.24, 2.45) is 0 Å². The fourth-order valence-electron chi connectivity index (χ4n) is 2.26. The lowest BCUT2D eigenvalue weighted by molar-refractivity contribution is 0.101. The molecule has 1 N–H and O–H groups in total. The van der Waals surface area contributed by atoms with Gasteiger partial charge in [0, 0.05) is 37.4 Å². The predicted octanol–water partition coefficient (Wildman–Crippen LogP) is 2.35. The molecule has 0 aliphatic heterocycles. The predicted molar refractivity (Wildman–Crippen MR) is 83.9 cm³/mol. The summed E-state index contributed by atoms with van der Waals surface area (Å²) in [7, 11) is 0. The number of anilines is 1. The Morgan fingerprint density at radius 1 is 1.17 bits per heavy atom. The first-order chi connectivity index (χ1) is 11.3. The van der Waals surface area contributed by atoms with Gasteiger partial charge in [0.1, 0.15) is 12.4 Å². The molecule has 0 aliphatic rings. The summed E-state index contributed by atoms with van der Waals surface area (Å²) in [5.41, 5.74) is 1.58. The van der Waals surface area contributed by atoms with E-state index in [-0.39, 0.29) is 12.5 Å². The van der Waals surface area contributed by atoms with Crippen molar-refractivity contribution in [3.05, 3.63) is 66.4 Å². The van der Waals surface area contributed by atoms with Crippen molar-refractivity contribution in [1.82, 2.24) is 19.3 Å². The van der Waals surface area contributed by atoms with Crippen molar-refractivity contribution in [1.29, 1.82) is 0 Å². The number of hydrogen-bond donors (Lipinski definition) is 1. The molecule has 0 spiro atoms. The molecule has 1 amide bonds. The standard InChI is InChI=1S/C16H16FN5O/c17-6-11-22-10-5-15(20-22)19-16(23)14-2-1-9-21(14)12-13-3-7-18-8-4-13/h1-5,7-10H,6,11-12H2,(H,19,20,23). The Kier molecular flexibility index (Phi) is 4.46. The minimum absolute atomic E-state index is 0.175. The van der Waals surface area contributed by atoms with Crippen LogP contribution in [0.4, 0.5) is 10.2 Å². The van der Waals surface area contributed by atoms with E-state index in [4.69, 9.17) is 0 Å². The van der Waals surface area contributed by atoms with E-state index in [2.05, 4.69) is 15.4 Å². The third-order valence-electron chi connectivity index (χ3n) is 3.36. The van der Waals surface area contributed by atoms with E-state index in [1.165, 1.54) is 4.68 Å². The van der Waals surface area contributed by atoms with Crippen LogP contribution in [-0.2, 0) is 13.1 Å². The number of hydrogen-bond acceptors (Lipinski definition) is 3. The summed E-state index contributed by atoms with van der Waals surface area (Å²) in [6.07, 6.45) is 6.91. The van der Waals surface area contributed by atoms with Gasteiger partial charge >= 0.3 is 0 Å². The molecule has 0 bridgehead atoms. The number of nitrogens with zero attached hydrogens (tertiary/aromatic N) is 4. The Hall–Kier alpha value is -2.96. The van der Waals surface area contributed by atoms with E-state index in [0.717, 1.165) is 5.56 Å². The number of amides is 1. The quantitative estimate of drug-likeness (QED) is 0.760. The van der Waals surface area contributed by atoms with Crippen LogP contribution in [0.5, 0.6) is 0 Å². The maximum Gasteiger partial charge on any atom is 0.273 e. The highest BCUT2D eigenvalue weighted by atomic mass is 19.1. The van der Waals surface area contributed by atoms with E-state index < -0.39 is 6.67 Å². The summed E-state index contributed by atoms with van der Waals surface area (Å²) in [5.74, 6) is 0.148. The average molecular weight is 313 g/mol. The molecule has 0 fully saturated rings. The van der Waals surface area contributed by atoms with Crippen LogP contribution in [0.1, 0.15) is 16.1 Å². The minimum atomic E-state index is -0.496. The third-order valence-corrected chi connectivity index (χ3v) is 3.36. The van der Waals surface area contributed by atoms with Gasteiger partial charge in [0.15, 0.2) is 5.82 Å². The van der Waals surface area contributed by atoms with Gasteiger partial charge in [-0.1, -0.05) is 0 Å². The Balaban J connectivity index is 1.71. The van der Waals surface area contributed by atoms with Crippen molar-refractivity contribution >= 4 is 11.7 Å². The number of carbonyl (C=O) groups excluding carboxylic acids is 1. The Bertz CT molecular complexity index is 781. The topological polar surface area (TPSA) is 64.7 Å². The normalized spacial score (nSPS) is 10.7. The monoisotopic (exact) mass is 313 g/mol. The van der Waals surface area contributed by atoms with Gasteiger partial charge in [-0.05, 0) is 29.8 Å². The molecular formula is C16H16FN5O. The van der Waals surface area contributed by atoms with Crippen molar-refractivity contribution in [2.75, 3.05) is 12.0 Å². The van der Waals surface area contributed by atoms with Crippen LogP contribution in [0.3, 0.4) is 0 Å². The summed E-state index contributed by atoms with van der Waals surface area (Å²) in [4.78, 5) is 16.4. The maximum atomic E-state index is 12.4.